The number of carbonyl (C=O) groups is 8. The number of nitrogens with zero attached hydrogens (tertiary/aromatic N) is 3. The molecule has 376 valence electrons. The van der Waals surface area contributed by atoms with Crippen LogP contribution in [-0.4, -0.2) is 107 Å². The van der Waals surface area contributed by atoms with Crippen molar-refractivity contribution in [3.8, 4) is 0 Å². The Morgan fingerprint density at radius 2 is 1.56 bits per heavy atom. The molecule has 8 amide bonds. The molecule has 2 aliphatic rings. The summed E-state index contributed by atoms with van der Waals surface area (Å²) in [6.45, 7) is 5.23. The van der Waals surface area contributed by atoms with E-state index in [2.05, 4.69) is 41.8 Å². The van der Waals surface area contributed by atoms with Gasteiger partial charge in [-0.05, 0) is 96.8 Å². The molecule has 4 aromatic rings. The first-order valence-electron chi connectivity index (χ1n) is 23.3. The lowest BCUT2D eigenvalue weighted by molar-refractivity contribution is -0.139. The molecule has 1 saturated heterocycles. The third kappa shape index (κ3) is 15.7. The highest BCUT2D eigenvalue weighted by molar-refractivity contribution is 5.99. The number of aliphatic carboxylic acids is 1. The number of hydrogen-bond acceptors (Lipinski definition) is 11. The van der Waals surface area contributed by atoms with Crippen molar-refractivity contribution in [1.82, 2.24) is 31.2 Å². The summed E-state index contributed by atoms with van der Waals surface area (Å²) in [5.74, 6) is -4.61. The number of anilines is 3. The summed E-state index contributed by atoms with van der Waals surface area (Å²) >= 11 is 0. The highest BCUT2D eigenvalue weighted by atomic mass is 19.1. The van der Waals surface area contributed by atoms with E-state index in [0.717, 1.165) is 11.3 Å². The predicted octanol–water partition coefficient (Wildman–Crippen LogP) is 4.23. The molecular weight excluding hydrogens is 920 g/mol. The van der Waals surface area contributed by atoms with E-state index in [1.54, 1.807) is 73.6 Å². The molecular formula is C50H59FN10O10. The van der Waals surface area contributed by atoms with E-state index in [9.17, 15) is 42.7 Å². The number of amides is 8. The minimum Gasteiger partial charge on any atom is -0.481 e. The molecule has 3 aromatic carbocycles. The molecule has 1 aliphatic carbocycles. The number of primary amides is 1. The van der Waals surface area contributed by atoms with E-state index in [1.807, 2.05) is 24.3 Å². The Balaban J connectivity index is 0.912. The fraction of sp³-hybridized carbons (Fsp3) is 0.380. The van der Waals surface area contributed by atoms with Gasteiger partial charge in [0.1, 0.15) is 24.5 Å². The Morgan fingerprint density at radius 1 is 0.845 bits per heavy atom. The van der Waals surface area contributed by atoms with Crippen molar-refractivity contribution < 1.29 is 52.6 Å². The number of carboxylic acids is 1. The fourth-order valence-corrected chi connectivity index (χ4v) is 7.90. The minimum atomic E-state index is -1.16. The Morgan fingerprint density at radius 3 is 2.21 bits per heavy atom. The molecule has 0 bridgehead atoms. The lowest BCUT2D eigenvalue weighted by Crippen LogP contribution is -2.54. The summed E-state index contributed by atoms with van der Waals surface area (Å²) in [5, 5.41) is 24.8. The second kappa shape index (κ2) is 25.0. The van der Waals surface area contributed by atoms with Crippen LogP contribution in [0.4, 0.5) is 31.0 Å². The lowest BCUT2D eigenvalue weighted by atomic mass is 10.0. The van der Waals surface area contributed by atoms with E-state index in [-0.39, 0.29) is 68.2 Å². The maximum Gasteiger partial charge on any atom is 0.410 e. The van der Waals surface area contributed by atoms with Crippen LogP contribution in [0.1, 0.15) is 78.9 Å². The summed E-state index contributed by atoms with van der Waals surface area (Å²) in [7, 11) is 0. The summed E-state index contributed by atoms with van der Waals surface area (Å²) in [5.41, 5.74) is 9.04. The third-order valence-electron chi connectivity index (χ3n) is 12.0. The monoisotopic (exact) mass is 978 g/mol. The Labute approximate surface area is 409 Å². The molecule has 1 aliphatic heterocycles. The molecule has 4 atom stereocenters. The zero-order valence-corrected chi connectivity index (χ0v) is 39.5. The minimum absolute atomic E-state index is 0.0397. The van der Waals surface area contributed by atoms with Crippen molar-refractivity contribution in [1.29, 1.82) is 0 Å². The number of carboxylic acid groups (broad SMARTS) is 1. The fourth-order valence-electron chi connectivity index (χ4n) is 7.90. The van der Waals surface area contributed by atoms with Crippen LogP contribution in [0.5, 0.6) is 0 Å². The van der Waals surface area contributed by atoms with Gasteiger partial charge in [0.2, 0.25) is 23.6 Å². The first kappa shape index (κ1) is 52.3. The zero-order chi connectivity index (χ0) is 51.0. The van der Waals surface area contributed by atoms with Gasteiger partial charge in [-0.15, -0.1) is 0 Å². The van der Waals surface area contributed by atoms with Crippen molar-refractivity contribution in [2.24, 2.45) is 17.6 Å². The number of benzene rings is 3. The van der Waals surface area contributed by atoms with E-state index in [4.69, 9.17) is 15.6 Å². The average Bonchev–Trinajstić information content (AvgIpc) is 4.17. The topological polar surface area (TPSA) is 284 Å². The van der Waals surface area contributed by atoms with Crippen molar-refractivity contribution in [2.75, 3.05) is 48.3 Å². The number of nitrogens with one attached hydrogen (secondary N) is 6. The summed E-state index contributed by atoms with van der Waals surface area (Å²) in [6.07, 6.45) is 3.28. The number of halogens is 1. The molecule has 2 heterocycles. The third-order valence-corrected chi connectivity index (χ3v) is 12.0. The summed E-state index contributed by atoms with van der Waals surface area (Å²) in [4.78, 5) is 108. The first-order valence-corrected chi connectivity index (χ1v) is 23.3. The van der Waals surface area contributed by atoms with Gasteiger partial charge in [-0.25, -0.2) is 14.0 Å². The van der Waals surface area contributed by atoms with Crippen LogP contribution in [0, 0.1) is 17.7 Å². The number of urea groups is 1. The van der Waals surface area contributed by atoms with Crippen LogP contribution in [0.2, 0.25) is 0 Å². The predicted molar refractivity (Wildman–Crippen MR) is 259 cm³/mol. The largest absolute Gasteiger partial charge is 0.481 e. The molecule has 20 nitrogen and oxygen atoms in total. The normalized spacial score (nSPS) is 15.9. The van der Waals surface area contributed by atoms with Gasteiger partial charge in [-0.2, -0.15) is 0 Å². The summed E-state index contributed by atoms with van der Waals surface area (Å²) in [6, 6.07) is 18.8. The number of nitrogens with two attached hydrogens (primary N) is 1. The van der Waals surface area contributed by atoms with E-state index in [1.165, 1.54) is 12.1 Å². The molecule has 2 fully saturated rings. The maximum atomic E-state index is 15.0. The molecule has 21 heteroatoms. The van der Waals surface area contributed by atoms with Crippen molar-refractivity contribution in [3.63, 3.8) is 0 Å². The Bertz CT molecular complexity index is 2540. The zero-order valence-electron chi connectivity index (χ0n) is 39.5. The van der Waals surface area contributed by atoms with E-state index < -0.39 is 66.1 Å². The van der Waals surface area contributed by atoms with Gasteiger partial charge in [0.05, 0.1) is 6.42 Å². The maximum absolute atomic E-state index is 15.0. The number of hydrogen-bond donors (Lipinski definition) is 8. The second-order valence-corrected chi connectivity index (χ2v) is 17.7. The van der Waals surface area contributed by atoms with Gasteiger partial charge >= 0.3 is 18.1 Å². The van der Waals surface area contributed by atoms with Crippen LogP contribution in [-0.2, 0) is 41.9 Å². The first-order chi connectivity index (χ1) is 34.0. The molecule has 71 heavy (non-hydrogen) atoms. The van der Waals surface area contributed by atoms with Crippen molar-refractivity contribution in [2.45, 2.75) is 77.1 Å². The van der Waals surface area contributed by atoms with Gasteiger partial charge in [-0.1, -0.05) is 38.1 Å². The average molecular weight is 979 g/mol. The van der Waals surface area contributed by atoms with E-state index >= 15 is 0 Å². The van der Waals surface area contributed by atoms with Gasteiger partial charge < -0.3 is 57.3 Å². The molecule has 1 saturated carbocycles. The number of pyridine rings is 1. The van der Waals surface area contributed by atoms with Gasteiger partial charge in [0.15, 0.2) is 0 Å². The van der Waals surface area contributed by atoms with Gasteiger partial charge in [-0.3, -0.25) is 33.8 Å². The molecule has 0 unspecified atom stereocenters. The van der Waals surface area contributed by atoms with Gasteiger partial charge in [0.25, 0.3) is 5.91 Å². The van der Waals surface area contributed by atoms with E-state index in [0.29, 0.717) is 55.1 Å². The quantitative estimate of drug-likeness (QED) is 0.0514. The Kier molecular flexibility index (Phi) is 18.4. The molecule has 1 aromatic heterocycles. The molecule has 0 spiro atoms. The number of rotatable bonds is 22. The van der Waals surface area contributed by atoms with Crippen LogP contribution < -0.4 is 42.5 Å². The van der Waals surface area contributed by atoms with Gasteiger partial charge in [0, 0.05) is 92.2 Å². The number of ether oxygens (including phenoxy) is 1. The van der Waals surface area contributed by atoms with Crippen molar-refractivity contribution in [3.05, 3.63) is 119 Å². The molecule has 6 rings (SSSR count). The standard InChI is InChI=1S/C50H59FN10O10/c1-30(2)44(59-42(62)17-18-43(63)64)48(68)58-41(6-4-20-54-49(52)69)47(67)56-35-12-7-31(8-13-35)29-71-50(70)61-23-21-60(22-24-61)37-15-10-32(11-16-37)45(65)55-28-34-9-14-36(25-40(34)51)57-46(66)39-26-38(39)33-5-3-19-53-27-33/h3,5,7-16,19,25,27,30,38-39,41,44H,4,6,17-18,20-24,26,28-29H2,1-2H3,(H,55,65)(H,56,67)(H,57,66)(H,58,68)(H,59,62)(H,63,64)(H3,52,54,69)/t38-,39+,41+,44+/m1/s1. The Hall–Kier alpha value is -8.10. The van der Waals surface area contributed by atoms with Crippen LogP contribution in [0.25, 0.3) is 0 Å². The lowest BCUT2D eigenvalue weighted by Gasteiger charge is -2.35. The van der Waals surface area contributed by atoms with Crippen LogP contribution in [0.3, 0.4) is 0 Å². The summed E-state index contributed by atoms with van der Waals surface area (Å²) < 4.78 is 20.6. The highest BCUT2D eigenvalue weighted by Crippen LogP contribution is 2.47. The van der Waals surface area contributed by atoms with Crippen LogP contribution >= 0.6 is 0 Å². The molecule has 0 radical (unpaired) electrons. The van der Waals surface area contributed by atoms with Crippen LogP contribution in [0.15, 0.2) is 91.3 Å². The number of aromatic nitrogens is 1. The highest BCUT2D eigenvalue weighted by Gasteiger charge is 2.44. The molecule has 9 N–H and O–H groups in total. The smallest absolute Gasteiger partial charge is 0.410 e. The number of carbonyl (C=O) groups excluding carboxylic acids is 7. The second-order valence-electron chi connectivity index (χ2n) is 17.7. The van der Waals surface area contributed by atoms with Crippen molar-refractivity contribution >= 4 is 64.7 Å². The number of piperazine rings is 1. The SMILES string of the molecule is CC(C)[C@H](NC(=O)CCC(=O)O)C(=O)N[C@@H](CCCNC(N)=O)C(=O)Nc1ccc(COC(=O)N2CCN(c3ccc(C(=O)NCc4ccc(NC(=O)[C@H]5C[C@@H]5c5cccnc5)cc4F)cc3)CC2)cc1.